The lowest BCUT2D eigenvalue weighted by molar-refractivity contribution is 0.555. The Bertz CT molecular complexity index is 1840. The summed E-state index contributed by atoms with van der Waals surface area (Å²) in [4.78, 5) is 0. The minimum Gasteiger partial charge on any atom is -0.384 e. The Hall–Kier alpha value is -4.62. The van der Waals surface area contributed by atoms with Gasteiger partial charge < -0.3 is 5.32 Å². The van der Waals surface area contributed by atoms with Gasteiger partial charge in [0.25, 0.3) is 0 Å². The topological polar surface area (TPSA) is 12.0 Å². The highest BCUT2D eigenvalue weighted by Crippen LogP contribution is 2.43. The summed E-state index contributed by atoms with van der Waals surface area (Å²) in [5.74, 6) is 1.33. The van der Waals surface area contributed by atoms with Crippen molar-refractivity contribution in [2.45, 2.75) is 139 Å². The van der Waals surface area contributed by atoms with Crippen molar-refractivity contribution in [1.82, 2.24) is 5.32 Å². The van der Waals surface area contributed by atoms with Crippen LogP contribution in [-0.2, 0) is 12.8 Å². The van der Waals surface area contributed by atoms with E-state index >= 15 is 0 Å². The quantitative estimate of drug-likeness (QED) is 0.0976. The Labute approximate surface area is 358 Å². The van der Waals surface area contributed by atoms with Crippen LogP contribution in [0.5, 0.6) is 0 Å². The molecular weight excluding hydrogens is 699 g/mol. The van der Waals surface area contributed by atoms with Gasteiger partial charge in [-0.1, -0.05) is 178 Å². The van der Waals surface area contributed by atoms with Gasteiger partial charge in [0, 0.05) is 12.2 Å². The van der Waals surface area contributed by atoms with Crippen molar-refractivity contribution in [3.05, 3.63) is 186 Å². The summed E-state index contributed by atoms with van der Waals surface area (Å²) in [5, 5.41) is 3.52. The lowest BCUT2D eigenvalue weighted by atomic mass is 9.84. The fourth-order valence-corrected chi connectivity index (χ4v) is 7.15. The van der Waals surface area contributed by atoms with Gasteiger partial charge in [-0.05, 0) is 158 Å². The van der Waals surface area contributed by atoms with E-state index in [0.717, 1.165) is 61.4 Å². The number of hydrogen-bond acceptors (Lipinski definition) is 1. The summed E-state index contributed by atoms with van der Waals surface area (Å²) in [5.41, 5.74) is 18.9. The van der Waals surface area contributed by atoms with Crippen LogP contribution in [0.2, 0.25) is 0 Å². The molecular formula is C57H81N. The molecule has 1 nitrogen and oxygen atoms in total. The molecule has 3 aromatic rings. The standard InChI is InChI=1S/C24H29N.C20H26.C9H14.2C2H6/c1-6-21-11-13-22(14-12-21)15-16-25-24(18(2)3)17-20(5)23-10-8-7-9-19(23)4;1-14(2)9-6-7-10-15(3)18-11-8-12-19-16(4)13-17(5)20(18)19;1-7-4-5-8(2)9(3)6-7;2*1-2/h7-14,17,25H,2,5-6,15-16H2,1,3-4H3;8,11-12,15H,1,4-7,9-10,13H2,2-3H3;8H,1,3-6H2,2H3;2*1-2H3/b24-17+;;;;. The third-order valence-corrected chi connectivity index (χ3v) is 10.8. The second-order valence-electron chi connectivity index (χ2n) is 15.8. The zero-order valence-electron chi connectivity index (χ0n) is 38.8. The molecule has 1 N–H and O–H groups in total. The third-order valence-electron chi connectivity index (χ3n) is 10.8. The van der Waals surface area contributed by atoms with Crippen LogP contribution in [-0.4, -0.2) is 6.54 Å². The molecule has 5 rings (SSSR count). The molecule has 2 unspecified atom stereocenters. The van der Waals surface area contributed by atoms with Gasteiger partial charge in [-0.3, -0.25) is 0 Å². The maximum atomic E-state index is 4.24. The number of rotatable bonds is 14. The molecule has 2 aliphatic rings. The van der Waals surface area contributed by atoms with Crippen LogP contribution in [0, 0.1) is 12.8 Å². The first kappa shape index (κ1) is 51.4. The molecule has 0 heterocycles. The fraction of sp³-hybridized carbons (Fsp3) is 0.404. The van der Waals surface area contributed by atoms with Crippen LogP contribution in [0.3, 0.4) is 0 Å². The summed E-state index contributed by atoms with van der Waals surface area (Å²) < 4.78 is 0. The highest BCUT2D eigenvalue weighted by Gasteiger charge is 2.23. The molecule has 2 aliphatic carbocycles. The molecule has 314 valence electrons. The Morgan fingerprint density at radius 3 is 2.02 bits per heavy atom. The van der Waals surface area contributed by atoms with Gasteiger partial charge in [-0.25, -0.2) is 0 Å². The number of aryl methyl sites for hydroxylation is 2. The zero-order chi connectivity index (χ0) is 43.8. The summed E-state index contributed by atoms with van der Waals surface area (Å²) in [6.07, 6.45) is 13.6. The zero-order valence-corrected chi connectivity index (χ0v) is 38.8. The van der Waals surface area contributed by atoms with Crippen LogP contribution >= 0.6 is 0 Å². The van der Waals surface area contributed by atoms with E-state index < -0.39 is 0 Å². The Morgan fingerprint density at radius 2 is 1.45 bits per heavy atom. The molecule has 0 bridgehead atoms. The van der Waals surface area contributed by atoms with Gasteiger partial charge in [-0.2, -0.15) is 0 Å². The van der Waals surface area contributed by atoms with E-state index in [1.807, 2.05) is 34.6 Å². The van der Waals surface area contributed by atoms with Crippen LogP contribution in [0.25, 0.3) is 16.7 Å². The number of fused-ring (bicyclic) bond motifs is 1. The normalized spacial score (nSPS) is 14.8. The minimum atomic E-state index is 0.595. The summed E-state index contributed by atoms with van der Waals surface area (Å²) in [6, 6.07) is 23.8. The molecule has 0 spiro atoms. The van der Waals surface area contributed by atoms with Crippen molar-refractivity contribution in [3.8, 4) is 0 Å². The highest BCUT2D eigenvalue weighted by molar-refractivity contribution is 5.92. The van der Waals surface area contributed by atoms with E-state index in [2.05, 4.69) is 159 Å². The van der Waals surface area contributed by atoms with E-state index in [4.69, 9.17) is 0 Å². The maximum absolute atomic E-state index is 4.24. The largest absolute Gasteiger partial charge is 0.384 e. The van der Waals surface area contributed by atoms with Crippen LogP contribution in [0.1, 0.15) is 159 Å². The minimum absolute atomic E-state index is 0.595. The average Bonchev–Trinajstić information content (AvgIpc) is 3.52. The van der Waals surface area contributed by atoms with Crippen LogP contribution in [0.4, 0.5) is 0 Å². The van der Waals surface area contributed by atoms with Gasteiger partial charge >= 0.3 is 0 Å². The van der Waals surface area contributed by atoms with Gasteiger partial charge in [0.1, 0.15) is 0 Å². The van der Waals surface area contributed by atoms with Gasteiger partial charge in [-0.15, -0.1) is 6.58 Å². The average molecular weight is 780 g/mol. The van der Waals surface area contributed by atoms with Crippen molar-refractivity contribution in [2.24, 2.45) is 5.92 Å². The second kappa shape index (κ2) is 27.9. The third kappa shape index (κ3) is 17.5. The maximum Gasteiger partial charge on any atom is 0.0370 e. The lowest BCUT2D eigenvalue weighted by Gasteiger charge is -2.21. The summed E-state index contributed by atoms with van der Waals surface area (Å²) >= 11 is 0. The molecule has 1 fully saturated rings. The van der Waals surface area contributed by atoms with E-state index in [9.17, 15) is 0 Å². The summed E-state index contributed by atoms with van der Waals surface area (Å²) in [7, 11) is 0. The van der Waals surface area contributed by atoms with Gasteiger partial charge in [0.2, 0.25) is 0 Å². The van der Waals surface area contributed by atoms with Crippen LogP contribution < -0.4 is 5.32 Å². The Balaban J connectivity index is 0.000000452. The molecule has 0 radical (unpaired) electrons. The predicted octanol–water partition coefficient (Wildman–Crippen LogP) is 17.2. The molecule has 0 amide bonds. The molecule has 2 atom stereocenters. The predicted molar refractivity (Wildman–Crippen MR) is 265 cm³/mol. The monoisotopic (exact) mass is 780 g/mol. The molecule has 1 heteroatoms. The second-order valence-corrected chi connectivity index (χ2v) is 15.8. The molecule has 0 aliphatic heterocycles. The molecule has 1 saturated carbocycles. The molecule has 58 heavy (non-hydrogen) atoms. The van der Waals surface area contributed by atoms with E-state index in [0.29, 0.717) is 5.92 Å². The molecule has 0 saturated heterocycles. The lowest BCUT2D eigenvalue weighted by Crippen LogP contribution is -2.17. The van der Waals surface area contributed by atoms with Crippen molar-refractivity contribution < 1.29 is 0 Å². The smallest absolute Gasteiger partial charge is 0.0370 e. The Kier molecular flexibility index (Phi) is 24.7. The van der Waals surface area contributed by atoms with Crippen molar-refractivity contribution >= 4 is 16.7 Å². The fourth-order valence-electron chi connectivity index (χ4n) is 7.15. The van der Waals surface area contributed by atoms with Gasteiger partial charge in [0.15, 0.2) is 0 Å². The number of benzene rings is 3. The number of nitrogens with one attached hydrogen (secondary N) is 1. The SMILES string of the molecule is C=C(C)/C(=C\C(=C)c1ccccc1C)NCCc1ccc(CC)cc1.C=C(C)CCCCC(C)c1cccc2c1C(=C)CC2=C.C=C1CCC(C)C(=C)C1.CC.CC. The number of unbranched alkanes of at least 4 members (excludes halogenated alkanes) is 1. The van der Waals surface area contributed by atoms with Crippen molar-refractivity contribution in [2.75, 3.05) is 6.54 Å². The first-order valence-electron chi connectivity index (χ1n) is 22.1. The van der Waals surface area contributed by atoms with E-state index in [-0.39, 0.29) is 0 Å². The Morgan fingerprint density at radius 1 is 0.810 bits per heavy atom. The first-order chi connectivity index (χ1) is 27.7. The van der Waals surface area contributed by atoms with Crippen molar-refractivity contribution in [3.63, 3.8) is 0 Å². The number of allylic oxidation sites excluding steroid dienone is 8. The highest BCUT2D eigenvalue weighted by atomic mass is 14.9. The van der Waals surface area contributed by atoms with Crippen LogP contribution in [0.15, 0.2) is 147 Å². The van der Waals surface area contributed by atoms with E-state index in [1.54, 1.807) is 0 Å². The van der Waals surface area contributed by atoms with Crippen molar-refractivity contribution in [1.29, 1.82) is 0 Å². The summed E-state index contributed by atoms with van der Waals surface area (Å²) in [6.45, 7) is 50.5. The molecule has 0 aromatic heterocycles. The van der Waals surface area contributed by atoms with Gasteiger partial charge in [0.05, 0.1) is 0 Å². The molecule has 3 aromatic carbocycles. The first-order valence-corrected chi connectivity index (χ1v) is 22.1. The van der Waals surface area contributed by atoms with E-state index in [1.165, 1.54) is 98.9 Å². The number of hydrogen-bond donors (Lipinski definition) is 1.